The van der Waals surface area contributed by atoms with Crippen LogP contribution in [0, 0.1) is 5.92 Å². The van der Waals surface area contributed by atoms with E-state index in [1.807, 2.05) is 25.2 Å². The fraction of sp³-hybridized carbons (Fsp3) is 0.519. The molecule has 1 aliphatic carbocycles. The first-order chi connectivity index (χ1) is 17.0. The van der Waals surface area contributed by atoms with Gasteiger partial charge in [0.25, 0.3) is 0 Å². The summed E-state index contributed by atoms with van der Waals surface area (Å²) in [7, 11) is 1.83. The predicted molar refractivity (Wildman–Crippen MR) is 137 cm³/mol. The summed E-state index contributed by atoms with van der Waals surface area (Å²) in [6, 6.07) is 13.0. The third kappa shape index (κ3) is 5.59. The lowest BCUT2D eigenvalue weighted by Gasteiger charge is -2.38. The number of benzene rings is 2. The standard InChI is InChI=1S/C27H35N5O3/c1-3-19(15-27(33)34)20-6-9-26(32(17-18-4-5-18)22-10-12-35-13-11-22)25(14-20)28-21-7-8-23-24(16-21)30-31(2)29-23/h6-9,14,16,18-19,22,28H,3-5,10-13,15,17H2,1-2H3,(H,33,34). The average Bonchev–Trinajstić information content (AvgIpc) is 3.60. The minimum atomic E-state index is -0.763. The smallest absolute Gasteiger partial charge is 0.303 e. The molecule has 1 atom stereocenters. The summed E-state index contributed by atoms with van der Waals surface area (Å²) < 4.78 is 5.66. The topological polar surface area (TPSA) is 92.5 Å². The van der Waals surface area contributed by atoms with Gasteiger partial charge in [0.2, 0.25) is 0 Å². The van der Waals surface area contributed by atoms with Gasteiger partial charge in [0, 0.05) is 38.5 Å². The zero-order valence-electron chi connectivity index (χ0n) is 20.6. The number of carboxylic acid groups (broad SMARTS) is 1. The first-order valence-electron chi connectivity index (χ1n) is 12.8. The molecule has 0 spiro atoms. The fourth-order valence-corrected chi connectivity index (χ4v) is 5.14. The molecule has 5 rings (SSSR count). The number of nitrogens with zero attached hydrogens (tertiary/aromatic N) is 4. The van der Waals surface area contributed by atoms with Crippen LogP contribution in [0.1, 0.15) is 56.9 Å². The highest BCUT2D eigenvalue weighted by Gasteiger charge is 2.31. The molecule has 1 saturated carbocycles. The van der Waals surface area contributed by atoms with Crippen LogP contribution in [0.4, 0.5) is 17.1 Å². The minimum absolute atomic E-state index is 0.0236. The van der Waals surface area contributed by atoms with E-state index in [1.54, 1.807) is 4.80 Å². The molecule has 2 aromatic carbocycles. The Kier molecular flexibility index (Phi) is 6.90. The summed E-state index contributed by atoms with van der Waals surface area (Å²) in [6.45, 7) is 4.70. The molecule has 3 aromatic rings. The van der Waals surface area contributed by atoms with Gasteiger partial charge in [-0.3, -0.25) is 4.79 Å². The first kappa shape index (κ1) is 23.6. The van der Waals surface area contributed by atoms with Crippen LogP contribution in [0.2, 0.25) is 0 Å². The zero-order valence-corrected chi connectivity index (χ0v) is 20.6. The molecular formula is C27H35N5O3. The van der Waals surface area contributed by atoms with Gasteiger partial charge in [-0.1, -0.05) is 13.0 Å². The Hall–Kier alpha value is -3.13. The molecule has 2 N–H and O–H groups in total. The average molecular weight is 478 g/mol. The Bertz CT molecular complexity index is 1180. The van der Waals surface area contributed by atoms with Crippen molar-refractivity contribution in [1.82, 2.24) is 15.0 Å². The number of aromatic nitrogens is 3. The van der Waals surface area contributed by atoms with Crippen molar-refractivity contribution in [3.63, 3.8) is 0 Å². The molecule has 1 aliphatic heterocycles. The molecule has 0 amide bonds. The summed E-state index contributed by atoms with van der Waals surface area (Å²) in [6.07, 6.45) is 5.54. The second-order valence-electron chi connectivity index (χ2n) is 9.94. The highest BCUT2D eigenvalue weighted by Crippen LogP contribution is 2.40. The van der Waals surface area contributed by atoms with Crippen molar-refractivity contribution in [1.29, 1.82) is 0 Å². The number of nitrogens with one attached hydrogen (secondary N) is 1. The molecule has 0 radical (unpaired) electrons. The van der Waals surface area contributed by atoms with Crippen LogP contribution in [-0.2, 0) is 16.6 Å². The van der Waals surface area contributed by atoms with Gasteiger partial charge in [-0.2, -0.15) is 15.0 Å². The molecule has 186 valence electrons. The number of carbonyl (C=O) groups is 1. The third-order valence-electron chi connectivity index (χ3n) is 7.26. The lowest BCUT2D eigenvalue weighted by Crippen LogP contribution is -2.41. The molecule has 8 nitrogen and oxygen atoms in total. The van der Waals surface area contributed by atoms with E-state index in [1.165, 1.54) is 18.5 Å². The zero-order chi connectivity index (χ0) is 24.4. The van der Waals surface area contributed by atoms with E-state index in [4.69, 9.17) is 4.74 Å². The Balaban J connectivity index is 1.53. The van der Waals surface area contributed by atoms with E-state index in [2.05, 4.69) is 45.5 Å². The van der Waals surface area contributed by atoms with Crippen LogP contribution in [0.25, 0.3) is 11.0 Å². The third-order valence-corrected chi connectivity index (χ3v) is 7.26. The normalized spacial score (nSPS) is 17.4. The molecule has 1 unspecified atom stereocenters. The number of hydrogen-bond acceptors (Lipinski definition) is 6. The predicted octanol–water partition coefficient (Wildman–Crippen LogP) is 5.08. The van der Waals surface area contributed by atoms with E-state index in [-0.39, 0.29) is 12.3 Å². The van der Waals surface area contributed by atoms with Crippen molar-refractivity contribution in [2.75, 3.05) is 30.0 Å². The highest BCUT2D eigenvalue weighted by atomic mass is 16.5. The summed E-state index contributed by atoms with van der Waals surface area (Å²) >= 11 is 0. The maximum absolute atomic E-state index is 11.5. The van der Waals surface area contributed by atoms with Gasteiger partial charge in [0.15, 0.2) is 0 Å². The highest BCUT2D eigenvalue weighted by molar-refractivity contribution is 5.83. The lowest BCUT2D eigenvalue weighted by molar-refractivity contribution is -0.137. The van der Waals surface area contributed by atoms with E-state index in [0.717, 1.165) is 72.9 Å². The number of fused-ring (bicyclic) bond motifs is 1. The van der Waals surface area contributed by atoms with Crippen LogP contribution in [-0.4, -0.2) is 51.9 Å². The fourth-order valence-electron chi connectivity index (χ4n) is 5.14. The van der Waals surface area contributed by atoms with Gasteiger partial charge < -0.3 is 20.1 Å². The van der Waals surface area contributed by atoms with Crippen LogP contribution in [0.3, 0.4) is 0 Å². The van der Waals surface area contributed by atoms with E-state index in [0.29, 0.717) is 6.04 Å². The Morgan fingerprint density at radius 2 is 1.91 bits per heavy atom. The van der Waals surface area contributed by atoms with E-state index < -0.39 is 5.97 Å². The molecular weight excluding hydrogens is 442 g/mol. The lowest BCUT2D eigenvalue weighted by atomic mass is 9.92. The van der Waals surface area contributed by atoms with Gasteiger partial charge in [-0.05, 0) is 79.8 Å². The summed E-state index contributed by atoms with van der Waals surface area (Å²) in [5.74, 6) is -0.0395. The van der Waals surface area contributed by atoms with Crippen LogP contribution >= 0.6 is 0 Å². The van der Waals surface area contributed by atoms with Gasteiger partial charge in [-0.25, -0.2) is 0 Å². The monoisotopic (exact) mass is 477 g/mol. The molecule has 2 aliphatic rings. The van der Waals surface area contributed by atoms with Crippen molar-refractivity contribution >= 4 is 34.1 Å². The Labute approximate surface area is 206 Å². The van der Waals surface area contributed by atoms with Gasteiger partial charge in [0.1, 0.15) is 11.0 Å². The number of hydrogen-bond donors (Lipinski definition) is 2. The molecule has 2 heterocycles. The van der Waals surface area contributed by atoms with Gasteiger partial charge in [-0.15, -0.1) is 0 Å². The number of ether oxygens (including phenoxy) is 1. The largest absolute Gasteiger partial charge is 0.481 e. The second-order valence-corrected chi connectivity index (χ2v) is 9.94. The SMILES string of the molecule is CCC(CC(=O)O)c1ccc(N(CC2CC2)C2CCOCC2)c(Nc2ccc3nn(C)nc3c2)c1. The van der Waals surface area contributed by atoms with Crippen molar-refractivity contribution in [3.05, 3.63) is 42.0 Å². The summed E-state index contributed by atoms with van der Waals surface area (Å²) in [5.41, 5.74) is 5.89. The van der Waals surface area contributed by atoms with Crippen LogP contribution < -0.4 is 10.2 Å². The quantitative estimate of drug-likeness (QED) is 0.421. The first-order valence-corrected chi connectivity index (χ1v) is 12.8. The van der Waals surface area contributed by atoms with Crippen LogP contribution in [0.15, 0.2) is 36.4 Å². The summed E-state index contributed by atoms with van der Waals surface area (Å²) in [4.78, 5) is 15.7. The van der Waals surface area contributed by atoms with Gasteiger partial charge >= 0.3 is 5.97 Å². The second kappa shape index (κ2) is 10.2. The van der Waals surface area contributed by atoms with Crippen molar-refractivity contribution < 1.29 is 14.6 Å². The molecule has 8 heteroatoms. The minimum Gasteiger partial charge on any atom is -0.481 e. The number of aliphatic carboxylic acids is 1. The number of anilines is 3. The maximum atomic E-state index is 11.5. The van der Waals surface area contributed by atoms with Gasteiger partial charge in [0.05, 0.1) is 17.8 Å². The number of rotatable bonds is 10. The van der Waals surface area contributed by atoms with Crippen molar-refractivity contribution in [2.24, 2.45) is 13.0 Å². The molecule has 35 heavy (non-hydrogen) atoms. The number of aryl methyl sites for hydroxylation is 1. The van der Waals surface area contributed by atoms with E-state index in [9.17, 15) is 9.90 Å². The summed E-state index contributed by atoms with van der Waals surface area (Å²) in [5, 5.41) is 22.0. The maximum Gasteiger partial charge on any atom is 0.303 e. The van der Waals surface area contributed by atoms with Crippen LogP contribution in [0.5, 0.6) is 0 Å². The molecule has 0 bridgehead atoms. The van der Waals surface area contributed by atoms with E-state index >= 15 is 0 Å². The van der Waals surface area contributed by atoms with Crippen molar-refractivity contribution in [2.45, 2.75) is 57.4 Å². The molecule has 1 saturated heterocycles. The van der Waals surface area contributed by atoms with Crippen molar-refractivity contribution in [3.8, 4) is 0 Å². The molecule has 2 fully saturated rings. The molecule has 1 aromatic heterocycles. The number of carboxylic acids is 1. The Morgan fingerprint density at radius 3 is 2.63 bits per heavy atom. The Morgan fingerprint density at radius 1 is 1.14 bits per heavy atom.